The average molecular weight is 263 g/mol. The Labute approximate surface area is 114 Å². The van der Waals surface area contributed by atoms with E-state index in [1.165, 1.54) is 18.4 Å². The molecule has 0 saturated carbocycles. The number of aliphatic hydroxyl groups excluding tert-OH is 1. The minimum Gasteiger partial charge on any atom is -0.469 e. The van der Waals surface area contributed by atoms with Crippen LogP contribution in [0.4, 0.5) is 5.69 Å². The standard InChI is InChI=1S/C15H21NO3/c1-10(15(18)19-3)8-14(17)12-4-5-13-11(9-12)6-7-16(13)2/h4-5,9-10,14,17H,6-8H2,1-3H3. The number of fused-ring (bicyclic) bond motifs is 1. The lowest BCUT2D eigenvalue weighted by molar-refractivity contribution is -0.145. The highest BCUT2D eigenvalue weighted by Gasteiger charge is 2.21. The SMILES string of the molecule is COC(=O)C(C)CC(O)c1ccc2c(c1)CCN2C. The van der Waals surface area contributed by atoms with Gasteiger partial charge < -0.3 is 14.7 Å². The number of hydrogen-bond acceptors (Lipinski definition) is 4. The number of nitrogens with zero attached hydrogens (tertiary/aromatic N) is 1. The number of anilines is 1. The smallest absolute Gasteiger partial charge is 0.308 e. The fourth-order valence-corrected chi connectivity index (χ4v) is 2.56. The summed E-state index contributed by atoms with van der Waals surface area (Å²) in [6, 6.07) is 6.03. The van der Waals surface area contributed by atoms with Crippen LogP contribution in [0.15, 0.2) is 18.2 Å². The van der Waals surface area contributed by atoms with Crippen molar-refractivity contribution in [3.05, 3.63) is 29.3 Å². The number of aliphatic hydroxyl groups is 1. The second-order valence-electron chi connectivity index (χ2n) is 5.24. The summed E-state index contributed by atoms with van der Waals surface area (Å²) in [5.74, 6) is -0.573. The van der Waals surface area contributed by atoms with E-state index in [2.05, 4.69) is 16.7 Å². The lowest BCUT2D eigenvalue weighted by atomic mass is 9.96. The molecule has 104 valence electrons. The summed E-state index contributed by atoms with van der Waals surface area (Å²) in [4.78, 5) is 13.6. The predicted molar refractivity (Wildman–Crippen MR) is 74.2 cm³/mol. The van der Waals surface area contributed by atoms with E-state index in [9.17, 15) is 9.90 Å². The Balaban J connectivity index is 2.08. The molecular formula is C15H21NO3. The van der Waals surface area contributed by atoms with E-state index in [4.69, 9.17) is 0 Å². The van der Waals surface area contributed by atoms with Crippen LogP contribution in [0.3, 0.4) is 0 Å². The van der Waals surface area contributed by atoms with Crippen molar-refractivity contribution in [2.45, 2.75) is 25.9 Å². The van der Waals surface area contributed by atoms with Crippen molar-refractivity contribution in [1.82, 2.24) is 0 Å². The van der Waals surface area contributed by atoms with E-state index in [1.54, 1.807) is 6.92 Å². The van der Waals surface area contributed by atoms with Crippen LogP contribution in [0.1, 0.15) is 30.6 Å². The molecule has 4 nitrogen and oxygen atoms in total. The summed E-state index contributed by atoms with van der Waals surface area (Å²) in [7, 11) is 3.44. The van der Waals surface area contributed by atoms with Crippen LogP contribution >= 0.6 is 0 Å². The molecule has 19 heavy (non-hydrogen) atoms. The molecule has 2 atom stereocenters. The average Bonchev–Trinajstić information content (AvgIpc) is 2.78. The number of ether oxygens (including phenoxy) is 1. The fourth-order valence-electron chi connectivity index (χ4n) is 2.56. The van der Waals surface area contributed by atoms with Crippen LogP contribution < -0.4 is 4.90 Å². The largest absolute Gasteiger partial charge is 0.469 e. The Kier molecular flexibility index (Phi) is 4.10. The highest BCUT2D eigenvalue weighted by molar-refractivity contribution is 5.71. The second kappa shape index (κ2) is 5.61. The van der Waals surface area contributed by atoms with E-state index < -0.39 is 6.10 Å². The third-order valence-corrected chi connectivity index (χ3v) is 3.80. The first kappa shape index (κ1) is 13.9. The fraction of sp³-hybridized carbons (Fsp3) is 0.533. The van der Waals surface area contributed by atoms with Gasteiger partial charge in [-0.1, -0.05) is 19.1 Å². The van der Waals surface area contributed by atoms with E-state index in [-0.39, 0.29) is 11.9 Å². The topological polar surface area (TPSA) is 49.8 Å². The van der Waals surface area contributed by atoms with Crippen molar-refractivity contribution in [3.63, 3.8) is 0 Å². The maximum Gasteiger partial charge on any atom is 0.308 e. The first-order valence-electron chi connectivity index (χ1n) is 6.62. The summed E-state index contributed by atoms with van der Waals surface area (Å²) in [6.45, 7) is 2.80. The van der Waals surface area contributed by atoms with Gasteiger partial charge in [0.25, 0.3) is 0 Å². The molecule has 0 bridgehead atoms. The van der Waals surface area contributed by atoms with Gasteiger partial charge in [0, 0.05) is 19.3 Å². The molecule has 1 aromatic rings. The summed E-state index contributed by atoms with van der Waals surface area (Å²) in [5, 5.41) is 10.2. The summed E-state index contributed by atoms with van der Waals surface area (Å²) >= 11 is 0. The van der Waals surface area contributed by atoms with Crippen molar-refractivity contribution in [2.24, 2.45) is 5.92 Å². The Morgan fingerprint density at radius 3 is 2.95 bits per heavy atom. The summed E-state index contributed by atoms with van der Waals surface area (Å²) < 4.78 is 4.68. The molecule has 0 aliphatic carbocycles. The minimum absolute atomic E-state index is 0.278. The van der Waals surface area contributed by atoms with Crippen LogP contribution in [-0.2, 0) is 16.0 Å². The summed E-state index contributed by atoms with van der Waals surface area (Å²) in [6.07, 6.45) is 0.783. The molecule has 2 rings (SSSR count). The van der Waals surface area contributed by atoms with Crippen molar-refractivity contribution >= 4 is 11.7 Å². The molecule has 2 unspecified atom stereocenters. The van der Waals surface area contributed by atoms with Crippen LogP contribution in [0, 0.1) is 5.92 Å². The quantitative estimate of drug-likeness (QED) is 0.843. The van der Waals surface area contributed by atoms with Crippen molar-refractivity contribution in [3.8, 4) is 0 Å². The molecule has 0 fully saturated rings. The van der Waals surface area contributed by atoms with Crippen LogP contribution in [0.2, 0.25) is 0 Å². The lowest BCUT2D eigenvalue weighted by Crippen LogP contribution is -2.16. The number of benzene rings is 1. The monoisotopic (exact) mass is 263 g/mol. The molecule has 1 aromatic carbocycles. The Morgan fingerprint density at radius 2 is 2.26 bits per heavy atom. The van der Waals surface area contributed by atoms with Gasteiger partial charge in [0.2, 0.25) is 0 Å². The van der Waals surface area contributed by atoms with E-state index in [0.717, 1.165) is 18.5 Å². The Bertz CT molecular complexity index is 472. The highest BCUT2D eigenvalue weighted by Crippen LogP contribution is 2.31. The third-order valence-electron chi connectivity index (χ3n) is 3.80. The molecule has 0 radical (unpaired) electrons. The van der Waals surface area contributed by atoms with Gasteiger partial charge in [-0.3, -0.25) is 4.79 Å². The molecule has 0 saturated heterocycles. The number of hydrogen-bond donors (Lipinski definition) is 1. The highest BCUT2D eigenvalue weighted by atomic mass is 16.5. The van der Waals surface area contributed by atoms with Crippen molar-refractivity contribution in [2.75, 3.05) is 25.6 Å². The van der Waals surface area contributed by atoms with Crippen molar-refractivity contribution < 1.29 is 14.6 Å². The van der Waals surface area contributed by atoms with Gasteiger partial charge in [0.05, 0.1) is 19.1 Å². The van der Waals surface area contributed by atoms with Gasteiger partial charge in [-0.15, -0.1) is 0 Å². The molecule has 0 amide bonds. The predicted octanol–water partition coefficient (Wildman–Crippen LogP) is 1.91. The molecular weight excluding hydrogens is 242 g/mol. The van der Waals surface area contributed by atoms with Gasteiger partial charge in [-0.05, 0) is 30.0 Å². The number of carbonyl (C=O) groups is 1. The molecule has 0 aromatic heterocycles. The van der Waals surface area contributed by atoms with E-state index in [0.29, 0.717) is 6.42 Å². The number of esters is 1. The Hall–Kier alpha value is -1.55. The summed E-state index contributed by atoms with van der Waals surface area (Å²) in [5.41, 5.74) is 3.38. The zero-order valence-electron chi connectivity index (χ0n) is 11.7. The molecule has 1 heterocycles. The number of carbonyl (C=O) groups excluding carboxylic acids is 1. The van der Waals surface area contributed by atoms with Gasteiger partial charge in [-0.2, -0.15) is 0 Å². The van der Waals surface area contributed by atoms with Gasteiger partial charge in [-0.25, -0.2) is 0 Å². The van der Waals surface area contributed by atoms with Crippen LogP contribution in [0.25, 0.3) is 0 Å². The number of rotatable bonds is 4. The van der Waals surface area contributed by atoms with Crippen LogP contribution in [-0.4, -0.2) is 31.8 Å². The molecule has 1 aliphatic rings. The molecule has 4 heteroatoms. The van der Waals surface area contributed by atoms with E-state index in [1.807, 2.05) is 18.2 Å². The van der Waals surface area contributed by atoms with E-state index >= 15 is 0 Å². The molecule has 0 spiro atoms. The Morgan fingerprint density at radius 1 is 1.53 bits per heavy atom. The second-order valence-corrected chi connectivity index (χ2v) is 5.24. The van der Waals surface area contributed by atoms with Gasteiger partial charge in [0.15, 0.2) is 0 Å². The number of likely N-dealkylation sites (N-methyl/N-ethyl adjacent to an activating group) is 1. The normalized spacial score (nSPS) is 16.9. The lowest BCUT2D eigenvalue weighted by Gasteiger charge is -2.17. The number of methoxy groups -OCH3 is 1. The van der Waals surface area contributed by atoms with Crippen molar-refractivity contribution in [1.29, 1.82) is 0 Å². The van der Waals surface area contributed by atoms with Crippen LogP contribution in [0.5, 0.6) is 0 Å². The zero-order valence-corrected chi connectivity index (χ0v) is 11.7. The first-order valence-corrected chi connectivity index (χ1v) is 6.62. The minimum atomic E-state index is -0.620. The first-order chi connectivity index (χ1) is 9.02. The molecule has 1 N–H and O–H groups in total. The zero-order chi connectivity index (χ0) is 14.0. The molecule has 1 aliphatic heterocycles. The van der Waals surface area contributed by atoms with Gasteiger partial charge in [0.1, 0.15) is 0 Å². The van der Waals surface area contributed by atoms with Gasteiger partial charge >= 0.3 is 5.97 Å². The maximum absolute atomic E-state index is 11.4. The third kappa shape index (κ3) is 2.89. The maximum atomic E-state index is 11.4.